The third-order valence-electron chi connectivity index (χ3n) is 3.60. The van der Waals surface area contributed by atoms with Gasteiger partial charge in [0.05, 0.1) is 30.8 Å². The van der Waals surface area contributed by atoms with Gasteiger partial charge in [-0.05, 0) is 31.5 Å². The fraction of sp³-hybridized carbons (Fsp3) is 0.571. The third kappa shape index (κ3) is 3.37. The van der Waals surface area contributed by atoms with Crippen molar-refractivity contribution >= 4 is 10.0 Å². The van der Waals surface area contributed by atoms with Gasteiger partial charge in [-0.2, -0.15) is 4.31 Å². The van der Waals surface area contributed by atoms with Crippen LogP contribution in [0, 0.1) is 0 Å². The molecule has 2 rings (SSSR count). The van der Waals surface area contributed by atoms with Crippen LogP contribution in [0.25, 0.3) is 0 Å². The Labute approximate surface area is 125 Å². The summed E-state index contributed by atoms with van der Waals surface area (Å²) in [6.45, 7) is 3.02. The van der Waals surface area contributed by atoms with E-state index in [2.05, 4.69) is 0 Å². The van der Waals surface area contributed by atoms with E-state index < -0.39 is 10.0 Å². The highest BCUT2D eigenvalue weighted by Gasteiger charge is 2.31. The number of ether oxygens (including phenoxy) is 2. The summed E-state index contributed by atoms with van der Waals surface area (Å²) in [6.07, 6.45) is 0.694. The van der Waals surface area contributed by atoms with Gasteiger partial charge in [-0.3, -0.25) is 0 Å². The molecule has 1 aromatic rings. The first-order chi connectivity index (χ1) is 10.0. The Bertz CT molecular complexity index is 581. The molecule has 118 valence electrons. The first kappa shape index (κ1) is 16.2. The number of aliphatic hydroxyl groups is 1. The SMILES string of the molecule is CCOc1ccc(S(=O)(=O)N(C)C2CCOC2)cc1CO. The lowest BCUT2D eigenvalue weighted by Gasteiger charge is -2.23. The molecule has 1 unspecified atom stereocenters. The minimum absolute atomic E-state index is 0.140. The van der Waals surface area contributed by atoms with E-state index in [9.17, 15) is 13.5 Å². The van der Waals surface area contributed by atoms with Crippen molar-refractivity contribution in [2.75, 3.05) is 26.9 Å². The number of benzene rings is 1. The maximum Gasteiger partial charge on any atom is 0.243 e. The van der Waals surface area contributed by atoms with Gasteiger partial charge < -0.3 is 14.6 Å². The highest BCUT2D eigenvalue weighted by atomic mass is 32.2. The number of sulfonamides is 1. The quantitative estimate of drug-likeness (QED) is 0.847. The van der Waals surface area contributed by atoms with Gasteiger partial charge in [0.15, 0.2) is 0 Å². The van der Waals surface area contributed by atoms with Crippen LogP contribution in [0.3, 0.4) is 0 Å². The number of nitrogens with zero attached hydrogens (tertiary/aromatic N) is 1. The van der Waals surface area contributed by atoms with Crippen LogP contribution in [0.4, 0.5) is 0 Å². The molecule has 1 saturated heterocycles. The number of hydrogen-bond acceptors (Lipinski definition) is 5. The third-order valence-corrected chi connectivity index (χ3v) is 5.51. The van der Waals surface area contributed by atoms with E-state index in [1.165, 1.54) is 16.4 Å². The molecule has 0 spiro atoms. The lowest BCUT2D eigenvalue weighted by atomic mass is 10.2. The van der Waals surface area contributed by atoms with Crippen molar-refractivity contribution in [3.05, 3.63) is 23.8 Å². The predicted octanol–water partition coefficient (Wildman–Crippen LogP) is 0.987. The van der Waals surface area contributed by atoms with Crippen molar-refractivity contribution in [2.24, 2.45) is 0 Å². The first-order valence-electron chi connectivity index (χ1n) is 6.93. The Morgan fingerprint density at radius 3 is 2.81 bits per heavy atom. The molecule has 6 nitrogen and oxygen atoms in total. The van der Waals surface area contributed by atoms with Crippen LogP contribution in [-0.2, 0) is 21.4 Å². The van der Waals surface area contributed by atoms with E-state index in [0.29, 0.717) is 37.6 Å². The van der Waals surface area contributed by atoms with E-state index in [1.807, 2.05) is 6.92 Å². The smallest absolute Gasteiger partial charge is 0.243 e. The van der Waals surface area contributed by atoms with Gasteiger partial charge >= 0.3 is 0 Å². The fourth-order valence-corrected chi connectivity index (χ4v) is 3.73. The monoisotopic (exact) mass is 315 g/mol. The molecule has 1 heterocycles. The Morgan fingerprint density at radius 2 is 2.24 bits per heavy atom. The zero-order valence-corrected chi connectivity index (χ0v) is 13.1. The van der Waals surface area contributed by atoms with E-state index in [0.717, 1.165) is 0 Å². The fourth-order valence-electron chi connectivity index (χ4n) is 2.31. The second kappa shape index (κ2) is 6.74. The van der Waals surface area contributed by atoms with E-state index in [-0.39, 0.29) is 17.5 Å². The largest absolute Gasteiger partial charge is 0.494 e. The zero-order chi connectivity index (χ0) is 15.5. The molecule has 21 heavy (non-hydrogen) atoms. The molecular weight excluding hydrogens is 294 g/mol. The van der Waals surface area contributed by atoms with Crippen LogP contribution in [0.2, 0.25) is 0 Å². The van der Waals surface area contributed by atoms with Crippen LogP contribution in [0.15, 0.2) is 23.1 Å². The van der Waals surface area contributed by atoms with Gasteiger partial charge in [0.2, 0.25) is 10.0 Å². The molecule has 0 aliphatic carbocycles. The van der Waals surface area contributed by atoms with Gasteiger partial charge in [0.25, 0.3) is 0 Å². The molecule has 1 atom stereocenters. The summed E-state index contributed by atoms with van der Waals surface area (Å²) in [5, 5.41) is 9.38. The Morgan fingerprint density at radius 1 is 1.48 bits per heavy atom. The van der Waals surface area contributed by atoms with E-state index in [1.54, 1.807) is 13.1 Å². The molecule has 1 N–H and O–H groups in total. The zero-order valence-electron chi connectivity index (χ0n) is 12.3. The van der Waals surface area contributed by atoms with E-state index >= 15 is 0 Å². The molecule has 0 bridgehead atoms. The van der Waals surface area contributed by atoms with Crippen molar-refractivity contribution in [2.45, 2.75) is 30.9 Å². The second-order valence-electron chi connectivity index (χ2n) is 4.90. The lowest BCUT2D eigenvalue weighted by Crippen LogP contribution is -2.37. The molecule has 1 aliphatic rings. The van der Waals surface area contributed by atoms with Crippen LogP contribution in [0.1, 0.15) is 18.9 Å². The minimum Gasteiger partial charge on any atom is -0.494 e. The lowest BCUT2D eigenvalue weighted by molar-refractivity contribution is 0.181. The summed E-state index contributed by atoms with van der Waals surface area (Å²) in [6, 6.07) is 4.42. The molecule has 1 aromatic carbocycles. The van der Waals surface area contributed by atoms with Gasteiger partial charge in [-0.15, -0.1) is 0 Å². The Kier molecular flexibility index (Phi) is 5.21. The highest BCUT2D eigenvalue weighted by Crippen LogP contribution is 2.26. The van der Waals surface area contributed by atoms with Crippen LogP contribution < -0.4 is 4.74 Å². The Hall–Kier alpha value is -1.15. The minimum atomic E-state index is -3.60. The van der Waals surface area contributed by atoms with Gasteiger partial charge in [-0.1, -0.05) is 0 Å². The average molecular weight is 315 g/mol. The van der Waals surface area contributed by atoms with Crippen LogP contribution in [-0.4, -0.2) is 50.7 Å². The summed E-state index contributed by atoms with van der Waals surface area (Å²) in [7, 11) is -2.04. The molecule has 0 radical (unpaired) electrons. The maximum atomic E-state index is 12.6. The summed E-state index contributed by atoms with van der Waals surface area (Å²) in [5.74, 6) is 0.505. The molecular formula is C14H21NO5S. The number of likely N-dealkylation sites (N-methyl/N-ethyl adjacent to an activating group) is 1. The van der Waals surface area contributed by atoms with Gasteiger partial charge in [-0.25, -0.2) is 8.42 Å². The number of aliphatic hydroxyl groups excluding tert-OH is 1. The summed E-state index contributed by atoms with van der Waals surface area (Å²) in [4.78, 5) is 0.157. The topological polar surface area (TPSA) is 76.1 Å². The molecule has 0 saturated carbocycles. The van der Waals surface area contributed by atoms with Crippen LogP contribution >= 0.6 is 0 Å². The van der Waals surface area contributed by atoms with Crippen molar-refractivity contribution in [1.29, 1.82) is 0 Å². The summed E-state index contributed by atoms with van der Waals surface area (Å²) < 4.78 is 37.2. The molecule has 1 fully saturated rings. The second-order valence-corrected chi connectivity index (χ2v) is 6.90. The maximum absolute atomic E-state index is 12.6. The van der Waals surface area contributed by atoms with Gasteiger partial charge in [0.1, 0.15) is 5.75 Å². The number of hydrogen-bond donors (Lipinski definition) is 1. The van der Waals surface area contributed by atoms with E-state index in [4.69, 9.17) is 9.47 Å². The molecule has 0 amide bonds. The molecule has 1 aliphatic heterocycles. The van der Waals surface area contributed by atoms with Gasteiger partial charge in [0, 0.05) is 19.2 Å². The average Bonchev–Trinajstić information content (AvgIpc) is 3.01. The standard InChI is InChI=1S/C14H21NO5S/c1-3-20-14-5-4-13(8-11(14)9-16)21(17,18)15(2)12-6-7-19-10-12/h4-5,8,12,16H,3,6-7,9-10H2,1-2H3. The van der Waals surface area contributed by atoms with Crippen molar-refractivity contribution < 1.29 is 23.0 Å². The molecule has 0 aromatic heterocycles. The normalized spacial score (nSPS) is 19.1. The van der Waals surface area contributed by atoms with Crippen molar-refractivity contribution in [3.8, 4) is 5.75 Å². The Balaban J connectivity index is 2.31. The summed E-state index contributed by atoms with van der Waals surface area (Å²) in [5.41, 5.74) is 0.467. The van der Waals surface area contributed by atoms with Crippen molar-refractivity contribution in [1.82, 2.24) is 4.31 Å². The summed E-state index contributed by atoms with van der Waals surface area (Å²) >= 11 is 0. The predicted molar refractivity (Wildman–Crippen MR) is 77.7 cm³/mol. The van der Waals surface area contributed by atoms with Crippen LogP contribution in [0.5, 0.6) is 5.75 Å². The number of rotatable bonds is 6. The highest BCUT2D eigenvalue weighted by molar-refractivity contribution is 7.89. The molecule has 7 heteroatoms. The first-order valence-corrected chi connectivity index (χ1v) is 8.37. The van der Waals surface area contributed by atoms with Crippen molar-refractivity contribution in [3.63, 3.8) is 0 Å².